The minimum Gasteiger partial charge on any atom is -0.353 e. The molecule has 1 amide bonds. The van der Waals surface area contributed by atoms with Crippen LogP contribution in [0.2, 0.25) is 0 Å². The van der Waals surface area contributed by atoms with Gasteiger partial charge in [-0.05, 0) is 53.6 Å². The molecule has 0 spiro atoms. The molecular weight excluding hydrogens is 373 g/mol. The summed E-state index contributed by atoms with van der Waals surface area (Å²) in [4.78, 5) is 14.8. The highest BCUT2D eigenvalue weighted by Gasteiger charge is 2.48. The Labute approximate surface area is 159 Å². The Morgan fingerprint density at radius 3 is 1.96 bits per heavy atom. The van der Waals surface area contributed by atoms with Gasteiger partial charge in [0, 0.05) is 31.4 Å². The van der Waals surface area contributed by atoms with E-state index >= 15 is 0 Å². The first-order valence-corrected chi connectivity index (χ1v) is 9.95. The largest absolute Gasteiger partial charge is 0.353 e. The number of nitrogens with zero attached hydrogens (tertiary/aromatic N) is 1. The molecule has 0 radical (unpaired) electrons. The molecule has 1 rings (SSSR count). The maximum Gasteiger partial charge on any atom is 0.241 e. The van der Waals surface area contributed by atoms with Crippen LogP contribution in [-0.2, 0) is 14.6 Å². The number of amides is 1. The van der Waals surface area contributed by atoms with E-state index in [1.807, 2.05) is 0 Å². The second-order valence-electron chi connectivity index (χ2n) is 6.70. The van der Waals surface area contributed by atoms with Crippen LogP contribution in [0, 0.1) is 0 Å². The summed E-state index contributed by atoms with van der Waals surface area (Å²) in [5.41, 5.74) is 0. The van der Waals surface area contributed by atoms with Crippen molar-refractivity contribution in [2.75, 3.05) is 32.4 Å². The third kappa shape index (κ3) is 6.33. The van der Waals surface area contributed by atoms with Gasteiger partial charge in [-0.15, -0.1) is 24.8 Å². The van der Waals surface area contributed by atoms with Gasteiger partial charge in [-0.2, -0.15) is 0 Å². The first-order valence-electron chi connectivity index (χ1n) is 8.06. The van der Waals surface area contributed by atoms with Crippen LogP contribution in [0.5, 0.6) is 0 Å². The van der Waals surface area contributed by atoms with Crippen molar-refractivity contribution in [2.45, 2.75) is 57.4 Å². The molecule has 0 aromatic rings. The van der Waals surface area contributed by atoms with Gasteiger partial charge >= 0.3 is 0 Å². The van der Waals surface area contributed by atoms with Gasteiger partial charge in [0.15, 0.2) is 14.6 Å². The lowest BCUT2D eigenvalue weighted by atomic mass is 9.96. The Hall–Kier alpha value is -0.0800. The summed E-state index contributed by atoms with van der Waals surface area (Å²) in [6.07, 6.45) is 1.86. The molecule has 0 aliphatic carbocycles. The fourth-order valence-corrected chi connectivity index (χ4v) is 4.52. The number of rotatable bonds is 7. The summed E-state index contributed by atoms with van der Waals surface area (Å²) in [5, 5.41) is 5.97. The van der Waals surface area contributed by atoms with E-state index in [-0.39, 0.29) is 30.7 Å². The third-order valence-electron chi connectivity index (χ3n) is 4.52. The van der Waals surface area contributed by atoms with Gasteiger partial charge in [0.2, 0.25) is 5.91 Å². The van der Waals surface area contributed by atoms with Gasteiger partial charge in [-0.1, -0.05) is 0 Å². The van der Waals surface area contributed by atoms with Crippen molar-refractivity contribution < 1.29 is 13.2 Å². The van der Waals surface area contributed by atoms with Crippen LogP contribution in [-0.4, -0.2) is 68.5 Å². The fraction of sp³-hybridized carbons (Fsp3) is 0.933. The highest BCUT2D eigenvalue weighted by molar-refractivity contribution is 7.92. The van der Waals surface area contributed by atoms with E-state index < -0.39 is 14.6 Å². The number of carbonyl (C=O) groups excluding carboxylic acids is 1. The molecule has 24 heavy (non-hydrogen) atoms. The number of carbonyl (C=O) groups is 1. The van der Waals surface area contributed by atoms with Crippen molar-refractivity contribution in [1.82, 2.24) is 15.5 Å². The minimum absolute atomic E-state index is 0. The Morgan fingerprint density at radius 1 is 1.12 bits per heavy atom. The smallest absolute Gasteiger partial charge is 0.241 e. The number of halogens is 2. The monoisotopic (exact) mass is 405 g/mol. The SMILES string of the molecule is CC(C)N(CCNC(=O)C1(S(C)(=O)=O)CCNCC1)C(C)C.Cl.Cl. The van der Waals surface area contributed by atoms with Crippen molar-refractivity contribution in [3.05, 3.63) is 0 Å². The molecule has 0 unspecified atom stereocenters. The standard InChI is InChI=1S/C15H31N3O3S.2ClH/c1-12(2)18(13(3)4)11-10-17-14(19)15(22(5,20)21)6-8-16-9-7-15;;/h12-13,16H,6-11H2,1-5H3,(H,17,19);2*1H. The highest BCUT2D eigenvalue weighted by Crippen LogP contribution is 2.27. The zero-order chi connectivity index (χ0) is 17.0. The summed E-state index contributed by atoms with van der Waals surface area (Å²) in [5.74, 6) is -0.344. The summed E-state index contributed by atoms with van der Waals surface area (Å²) in [6, 6.07) is 0.777. The molecular formula is C15H33Cl2N3O3S. The van der Waals surface area contributed by atoms with Crippen molar-refractivity contribution in [3.8, 4) is 0 Å². The fourth-order valence-electron chi connectivity index (χ4n) is 3.17. The number of piperidine rings is 1. The van der Waals surface area contributed by atoms with Gasteiger partial charge in [0.25, 0.3) is 0 Å². The van der Waals surface area contributed by atoms with Crippen molar-refractivity contribution in [2.24, 2.45) is 0 Å². The summed E-state index contributed by atoms with van der Waals surface area (Å²) in [6.45, 7) is 10.8. The minimum atomic E-state index is -3.44. The second kappa shape index (κ2) is 10.8. The van der Waals surface area contributed by atoms with Crippen LogP contribution in [0.3, 0.4) is 0 Å². The van der Waals surface area contributed by atoms with Crippen LogP contribution in [0.15, 0.2) is 0 Å². The molecule has 1 aliphatic heterocycles. The number of sulfone groups is 1. The average molecular weight is 406 g/mol. The lowest BCUT2D eigenvalue weighted by Crippen LogP contribution is -2.58. The average Bonchev–Trinajstić information content (AvgIpc) is 2.42. The van der Waals surface area contributed by atoms with Crippen molar-refractivity contribution in [1.29, 1.82) is 0 Å². The molecule has 146 valence electrons. The van der Waals surface area contributed by atoms with Gasteiger partial charge < -0.3 is 10.6 Å². The lowest BCUT2D eigenvalue weighted by Gasteiger charge is -2.35. The maximum atomic E-state index is 12.6. The molecule has 6 nitrogen and oxygen atoms in total. The summed E-state index contributed by atoms with van der Waals surface area (Å²) in [7, 11) is -3.44. The van der Waals surface area contributed by atoms with Gasteiger partial charge in [-0.3, -0.25) is 9.69 Å². The van der Waals surface area contributed by atoms with E-state index in [9.17, 15) is 13.2 Å². The van der Waals surface area contributed by atoms with Crippen LogP contribution in [0.25, 0.3) is 0 Å². The maximum absolute atomic E-state index is 12.6. The first-order chi connectivity index (χ1) is 10.1. The molecule has 9 heteroatoms. The van der Waals surface area contributed by atoms with Gasteiger partial charge in [-0.25, -0.2) is 8.42 Å². The molecule has 1 saturated heterocycles. The Balaban J connectivity index is 0. The number of hydrogen-bond acceptors (Lipinski definition) is 5. The normalized spacial score (nSPS) is 17.3. The van der Waals surface area contributed by atoms with Gasteiger partial charge in [0.05, 0.1) is 0 Å². The quantitative estimate of drug-likeness (QED) is 0.665. The Bertz CT molecular complexity index is 470. The van der Waals surface area contributed by atoms with E-state index in [2.05, 4.69) is 43.2 Å². The van der Waals surface area contributed by atoms with E-state index in [0.717, 1.165) is 6.54 Å². The molecule has 0 aromatic heterocycles. The van der Waals surface area contributed by atoms with Crippen LogP contribution >= 0.6 is 24.8 Å². The predicted molar refractivity (Wildman–Crippen MR) is 104 cm³/mol. The molecule has 0 aromatic carbocycles. The molecule has 0 saturated carbocycles. The molecule has 0 bridgehead atoms. The van der Waals surface area contributed by atoms with E-state index in [1.165, 1.54) is 6.26 Å². The second-order valence-corrected chi connectivity index (χ2v) is 9.02. The molecule has 2 N–H and O–H groups in total. The number of hydrogen-bond donors (Lipinski definition) is 2. The third-order valence-corrected chi connectivity index (χ3v) is 6.53. The van der Waals surface area contributed by atoms with E-state index in [0.29, 0.717) is 44.6 Å². The Morgan fingerprint density at radius 2 is 1.58 bits per heavy atom. The topological polar surface area (TPSA) is 78.5 Å². The van der Waals surface area contributed by atoms with Crippen LogP contribution in [0.4, 0.5) is 0 Å². The van der Waals surface area contributed by atoms with Crippen molar-refractivity contribution >= 4 is 40.6 Å². The van der Waals surface area contributed by atoms with Crippen LogP contribution < -0.4 is 10.6 Å². The first kappa shape index (κ1) is 26.2. The van der Waals surface area contributed by atoms with Crippen LogP contribution in [0.1, 0.15) is 40.5 Å². The number of nitrogens with one attached hydrogen (secondary N) is 2. The van der Waals surface area contributed by atoms with E-state index in [4.69, 9.17) is 0 Å². The molecule has 1 aliphatic rings. The van der Waals surface area contributed by atoms with Crippen molar-refractivity contribution in [3.63, 3.8) is 0 Å². The van der Waals surface area contributed by atoms with Gasteiger partial charge in [0.1, 0.15) is 0 Å². The predicted octanol–water partition coefficient (Wildman–Crippen LogP) is 1.23. The molecule has 0 atom stereocenters. The summed E-state index contributed by atoms with van der Waals surface area (Å²) < 4.78 is 23.1. The Kier molecular flexibility index (Phi) is 11.8. The molecule has 1 heterocycles. The zero-order valence-electron chi connectivity index (χ0n) is 15.3. The summed E-state index contributed by atoms with van der Waals surface area (Å²) >= 11 is 0. The zero-order valence-corrected chi connectivity index (χ0v) is 17.7. The lowest BCUT2D eigenvalue weighted by molar-refractivity contribution is -0.124. The molecule has 1 fully saturated rings. The van der Waals surface area contributed by atoms with E-state index in [1.54, 1.807) is 0 Å². The highest BCUT2D eigenvalue weighted by atomic mass is 35.5.